The van der Waals surface area contributed by atoms with Crippen molar-refractivity contribution >= 4 is 64.9 Å². The van der Waals surface area contributed by atoms with Crippen LogP contribution in [0.25, 0.3) is 65.3 Å². The van der Waals surface area contributed by atoms with Gasteiger partial charge in [-0.2, -0.15) is 0 Å². The molecule has 0 aliphatic carbocycles. The first-order valence-corrected chi connectivity index (χ1v) is 21.9. The Kier molecular flexibility index (Phi) is 8.41. The SMILES string of the molecule is Cc1ccccc1P1Cc2ccc3ccccc3c2-c2c(ccc3ccccc23)C1.c1ccc2c3c(ccc2c1)CPCc1ccc2ccccc2c1-3. The molecule has 0 spiro atoms. The Balaban J connectivity index is 0.000000136. The first-order chi connectivity index (χ1) is 26.2. The van der Waals surface area contributed by atoms with Gasteiger partial charge in [0.25, 0.3) is 0 Å². The van der Waals surface area contributed by atoms with Gasteiger partial charge in [0.15, 0.2) is 0 Å². The number of hydrogen-bond acceptors (Lipinski definition) is 0. The van der Waals surface area contributed by atoms with E-state index in [0.29, 0.717) is 0 Å². The minimum absolute atomic E-state index is 0.298. The molecule has 0 atom stereocenters. The summed E-state index contributed by atoms with van der Waals surface area (Å²) in [6, 6.07) is 63.1. The molecule has 0 amide bonds. The zero-order valence-corrected chi connectivity index (χ0v) is 31.8. The summed E-state index contributed by atoms with van der Waals surface area (Å²) in [6.07, 6.45) is 4.68. The molecule has 0 fully saturated rings. The molecule has 0 saturated carbocycles. The first kappa shape index (κ1) is 32.5. The van der Waals surface area contributed by atoms with Gasteiger partial charge in [-0.15, -0.1) is 8.58 Å². The maximum atomic E-state index is 2.39. The quantitative estimate of drug-likeness (QED) is 0.149. The van der Waals surface area contributed by atoms with Gasteiger partial charge in [-0.25, -0.2) is 0 Å². The highest BCUT2D eigenvalue weighted by Gasteiger charge is 2.26. The van der Waals surface area contributed by atoms with Crippen molar-refractivity contribution in [3.63, 3.8) is 0 Å². The van der Waals surface area contributed by atoms with Crippen LogP contribution in [-0.4, -0.2) is 0 Å². The fraction of sp³-hybridized carbons (Fsp3) is 0.0980. The maximum absolute atomic E-state index is 2.39. The minimum atomic E-state index is -0.298. The summed E-state index contributed by atoms with van der Waals surface area (Å²) in [5.74, 6) is 0. The Labute approximate surface area is 315 Å². The van der Waals surface area contributed by atoms with Gasteiger partial charge in [-0.3, -0.25) is 0 Å². The molecule has 0 N–H and O–H groups in total. The number of benzene rings is 9. The molecule has 2 aliphatic rings. The molecule has 0 aromatic heterocycles. The first-order valence-electron chi connectivity index (χ1n) is 18.8. The van der Waals surface area contributed by atoms with E-state index >= 15 is 0 Å². The summed E-state index contributed by atoms with van der Waals surface area (Å²) in [4.78, 5) is 0. The van der Waals surface area contributed by atoms with Crippen LogP contribution in [0.1, 0.15) is 27.8 Å². The topological polar surface area (TPSA) is 0 Å². The summed E-state index contributed by atoms with van der Waals surface area (Å²) in [6.45, 7) is 2.27. The van der Waals surface area contributed by atoms with Crippen LogP contribution in [0.15, 0.2) is 170 Å². The molecule has 0 bridgehead atoms. The molecular weight excluding hydrogens is 675 g/mol. The predicted molar refractivity (Wildman–Crippen MR) is 235 cm³/mol. The van der Waals surface area contributed by atoms with Crippen molar-refractivity contribution in [2.45, 2.75) is 31.6 Å². The smallest absolute Gasteiger partial charge is 0.00233 e. The van der Waals surface area contributed by atoms with Gasteiger partial charge in [0.2, 0.25) is 0 Å². The fourth-order valence-corrected chi connectivity index (χ4v) is 12.8. The van der Waals surface area contributed by atoms with Crippen molar-refractivity contribution in [1.82, 2.24) is 0 Å². The molecule has 0 unspecified atom stereocenters. The number of aryl methyl sites for hydroxylation is 1. The van der Waals surface area contributed by atoms with Crippen LogP contribution in [0.3, 0.4) is 0 Å². The van der Waals surface area contributed by atoms with E-state index in [1.54, 1.807) is 5.30 Å². The molecule has 0 saturated heterocycles. The third kappa shape index (κ3) is 5.77. The Bertz CT molecular complexity index is 2680. The molecule has 0 nitrogen and oxygen atoms in total. The zero-order valence-electron chi connectivity index (χ0n) is 29.9. The third-order valence-electron chi connectivity index (χ3n) is 11.4. The Morgan fingerprint density at radius 1 is 0.358 bits per heavy atom. The van der Waals surface area contributed by atoms with Crippen LogP contribution >= 0.6 is 16.5 Å². The second-order valence-electron chi connectivity index (χ2n) is 14.5. The van der Waals surface area contributed by atoms with Crippen molar-refractivity contribution in [3.05, 3.63) is 198 Å². The van der Waals surface area contributed by atoms with Gasteiger partial charge in [-0.05, 0) is 130 Å². The van der Waals surface area contributed by atoms with Crippen molar-refractivity contribution in [2.75, 3.05) is 0 Å². The van der Waals surface area contributed by atoms with E-state index in [2.05, 4.69) is 177 Å². The van der Waals surface area contributed by atoms with Crippen molar-refractivity contribution in [2.24, 2.45) is 0 Å². The highest BCUT2D eigenvalue weighted by molar-refractivity contribution is 7.64. The van der Waals surface area contributed by atoms with Crippen molar-refractivity contribution in [1.29, 1.82) is 0 Å². The molecule has 9 aromatic carbocycles. The second-order valence-corrected chi connectivity index (χ2v) is 17.9. The van der Waals surface area contributed by atoms with Crippen molar-refractivity contribution in [3.8, 4) is 22.3 Å². The summed E-state index contributed by atoms with van der Waals surface area (Å²) in [5, 5.41) is 12.5. The normalized spacial score (nSPS) is 13.7. The van der Waals surface area contributed by atoms with Gasteiger partial charge in [-0.1, -0.05) is 178 Å². The van der Waals surface area contributed by atoms with Crippen LogP contribution in [0.4, 0.5) is 0 Å². The van der Waals surface area contributed by atoms with Gasteiger partial charge in [0.05, 0.1) is 0 Å². The van der Waals surface area contributed by atoms with Crippen molar-refractivity contribution < 1.29 is 0 Å². The molecule has 11 rings (SSSR count). The summed E-state index contributed by atoms with van der Waals surface area (Å²) in [7, 11) is 0.673. The molecule has 9 aromatic rings. The highest BCUT2D eigenvalue weighted by Crippen LogP contribution is 2.53. The largest absolute Gasteiger partial charge is 0.113 e. The van der Waals surface area contributed by atoms with E-state index in [1.807, 2.05) is 0 Å². The summed E-state index contributed by atoms with van der Waals surface area (Å²) in [5.41, 5.74) is 13.3. The average Bonchev–Trinajstić information content (AvgIpc) is 3.52. The maximum Gasteiger partial charge on any atom is -0.00233 e. The molecular formula is C51H40P2. The molecule has 2 aliphatic heterocycles. The monoisotopic (exact) mass is 714 g/mol. The second kappa shape index (κ2) is 13.7. The zero-order chi connectivity index (χ0) is 35.3. The van der Waals surface area contributed by atoms with Crippen LogP contribution < -0.4 is 5.30 Å². The van der Waals surface area contributed by atoms with E-state index < -0.39 is 0 Å². The predicted octanol–water partition coefficient (Wildman–Crippen LogP) is 14.1. The van der Waals surface area contributed by atoms with Crippen LogP contribution in [0, 0.1) is 6.92 Å². The molecule has 2 heterocycles. The van der Waals surface area contributed by atoms with E-state index in [9.17, 15) is 0 Å². The lowest BCUT2D eigenvalue weighted by molar-refractivity contribution is 1.39. The Morgan fingerprint density at radius 3 is 1.11 bits per heavy atom. The lowest BCUT2D eigenvalue weighted by Gasteiger charge is -2.19. The van der Waals surface area contributed by atoms with E-state index in [1.165, 1.54) is 105 Å². The van der Waals surface area contributed by atoms with Gasteiger partial charge in [0, 0.05) is 0 Å². The summed E-state index contributed by atoms with van der Waals surface area (Å²) >= 11 is 0. The number of rotatable bonds is 1. The molecule has 0 radical (unpaired) electrons. The van der Waals surface area contributed by atoms with E-state index in [0.717, 1.165) is 20.9 Å². The lowest BCUT2D eigenvalue weighted by atomic mass is 9.88. The minimum Gasteiger partial charge on any atom is -0.113 e. The number of fused-ring (bicyclic) bond motifs is 14. The van der Waals surface area contributed by atoms with E-state index in [-0.39, 0.29) is 7.92 Å². The Hall–Kier alpha value is -5.12. The number of hydrogen-bond donors (Lipinski definition) is 0. The third-order valence-corrected chi connectivity index (χ3v) is 15.3. The highest BCUT2D eigenvalue weighted by atomic mass is 31.1. The van der Waals surface area contributed by atoms with Crippen LogP contribution in [-0.2, 0) is 24.6 Å². The van der Waals surface area contributed by atoms with Crippen LogP contribution in [0.2, 0.25) is 0 Å². The van der Waals surface area contributed by atoms with Crippen LogP contribution in [0.5, 0.6) is 0 Å². The van der Waals surface area contributed by atoms with Gasteiger partial charge < -0.3 is 0 Å². The Morgan fingerprint density at radius 2 is 0.698 bits per heavy atom. The fourth-order valence-electron chi connectivity index (χ4n) is 8.89. The average molecular weight is 715 g/mol. The van der Waals surface area contributed by atoms with Gasteiger partial charge in [0.1, 0.15) is 0 Å². The van der Waals surface area contributed by atoms with E-state index in [4.69, 9.17) is 0 Å². The van der Waals surface area contributed by atoms with Gasteiger partial charge >= 0.3 is 0 Å². The molecule has 53 heavy (non-hydrogen) atoms. The molecule has 254 valence electrons. The lowest BCUT2D eigenvalue weighted by Crippen LogP contribution is -2.07. The summed E-state index contributed by atoms with van der Waals surface area (Å²) < 4.78 is 0. The standard InChI is InChI=1S/C29H23P.C22H17P/c1-20-8-2-7-13-27(20)30-18-23-16-14-21-9-3-5-11-25(21)28(23)29-24(19-30)17-15-22-10-4-6-12-26(22)29;1-3-7-19-15(5-1)9-11-17-13-23-14-18-12-10-16-6-2-4-8-20(16)22(18)21(17)19/h2-17H,18-19H2,1H3;1-12,23H,13-14H2. The molecule has 2 heteroatoms.